The van der Waals surface area contributed by atoms with E-state index in [2.05, 4.69) is 5.32 Å². The highest BCUT2D eigenvalue weighted by Gasteiger charge is 2.26. The lowest BCUT2D eigenvalue weighted by Crippen LogP contribution is -2.46. The van der Waals surface area contributed by atoms with Crippen LogP contribution in [0.3, 0.4) is 0 Å². The van der Waals surface area contributed by atoms with Gasteiger partial charge in [-0.2, -0.15) is 0 Å². The second kappa shape index (κ2) is 7.91. The zero-order valence-corrected chi connectivity index (χ0v) is 11.2. The molecule has 16 heavy (non-hydrogen) atoms. The maximum absolute atomic E-state index is 11.8. The SMILES string of the molecule is CCC(C)C(=O)NC1CCCCC1CN.Cl. The summed E-state index contributed by atoms with van der Waals surface area (Å²) in [5.41, 5.74) is 5.73. The van der Waals surface area contributed by atoms with Crippen LogP contribution in [-0.2, 0) is 4.79 Å². The molecule has 3 atom stereocenters. The Kier molecular flexibility index (Phi) is 7.77. The van der Waals surface area contributed by atoms with E-state index in [1.807, 2.05) is 13.8 Å². The van der Waals surface area contributed by atoms with E-state index in [0.717, 1.165) is 12.8 Å². The van der Waals surface area contributed by atoms with Crippen molar-refractivity contribution in [3.05, 3.63) is 0 Å². The minimum absolute atomic E-state index is 0. The van der Waals surface area contributed by atoms with Crippen molar-refractivity contribution in [1.82, 2.24) is 5.32 Å². The van der Waals surface area contributed by atoms with Crippen LogP contribution in [0.2, 0.25) is 0 Å². The molecule has 3 N–H and O–H groups in total. The van der Waals surface area contributed by atoms with Crippen LogP contribution in [0.1, 0.15) is 46.0 Å². The molecule has 0 radical (unpaired) electrons. The molecule has 1 rings (SSSR count). The summed E-state index contributed by atoms with van der Waals surface area (Å²) < 4.78 is 0. The Balaban J connectivity index is 0.00000225. The summed E-state index contributed by atoms with van der Waals surface area (Å²) in [5.74, 6) is 0.819. The van der Waals surface area contributed by atoms with Crippen molar-refractivity contribution >= 4 is 18.3 Å². The molecule has 0 heterocycles. The molecule has 1 saturated carbocycles. The predicted octanol–water partition coefficient (Wildman–Crippen LogP) is 2.09. The summed E-state index contributed by atoms with van der Waals surface area (Å²) in [6.07, 6.45) is 5.66. The summed E-state index contributed by atoms with van der Waals surface area (Å²) in [6, 6.07) is 0.324. The molecule has 0 aliphatic heterocycles. The molecule has 0 aromatic carbocycles. The molecule has 0 aromatic rings. The molecule has 1 amide bonds. The second-order valence-electron chi connectivity index (χ2n) is 4.70. The fraction of sp³-hybridized carbons (Fsp3) is 0.917. The molecule has 0 saturated heterocycles. The quantitative estimate of drug-likeness (QED) is 0.801. The molecule has 0 bridgehead atoms. The maximum atomic E-state index is 11.8. The zero-order chi connectivity index (χ0) is 11.3. The van der Waals surface area contributed by atoms with Gasteiger partial charge in [-0.3, -0.25) is 4.79 Å². The first-order valence-electron chi connectivity index (χ1n) is 6.19. The van der Waals surface area contributed by atoms with Gasteiger partial charge in [-0.05, 0) is 31.7 Å². The summed E-state index contributed by atoms with van der Waals surface area (Å²) in [7, 11) is 0. The molecule has 3 unspecified atom stereocenters. The highest BCUT2D eigenvalue weighted by Crippen LogP contribution is 2.23. The lowest BCUT2D eigenvalue weighted by atomic mass is 9.84. The van der Waals surface area contributed by atoms with E-state index < -0.39 is 0 Å². The van der Waals surface area contributed by atoms with E-state index >= 15 is 0 Å². The third kappa shape index (κ3) is 4.30. The molecule has 1 fully saturated rings. The first-order chi connectivity index (χ1) is 7.19. The molecule has 4 heteroatoms. The maximum Gasteiger partial charge on any atom is 0.223 e. The molecule has 0 aromatic heterocycles. The largest absolute Gasteiger partial charge is 0.353 e. The number of halogens is 1. The van der Waals surface area contributed by atoms with Crippen molar-refractivity contribution < 1.29 is 4.79 Å². The minimum Gasteiger partial charge on any atom is -0.353 e. The number of amides is 1. The van der Waals surface area contributed by atoms with Gasteiger partial charge in [-0.15, -0.1) is 12.4 Å². The van der Waals surface area contributed by atoms with Crippen molar-refractivity contribution in [3.8, 4) is 0 Å². The first kappa shape index (κ1) is 15.7. The van der Waals surface area contributed by atoms with Crippen molar-refractivity contribution in [1.29, 1.82) is 0 Å². The van der Waals surface area contributed by atoms with Gasteiger partial charge in [0.05, 0.1) is 0 Å². The van der Waals surface area contributed by atoms with Crippen LogP contribution in [0, 0.1) is 11.8 Å². The van der Waals surface area contributed by atoms with Crippen LogP contribution in [0.5, 0.6) is 0 Å². The number of carbonyl (C=O) groups excluding carboxylic acids is 1. The van der Waals surface area contributed by atoms with Gasteiger partial charge >= 0.3 is 0 Å². The van der Waals surface area contributed by atoms with Crippen molar-refractivity contribution in [2.45, 2.75) is 52.0 Å². The van der Waals surface area contributed by atoms with Crippen molar-refractivity contribution in [3.63, 3.8) is 0 Å². The number of nitrogens with two attached hydrogens (primary N) is 1. The molecule has 96 valence electrons. The third-order valence-corrected chi connectivity index (χ3v) is 3.60. The van der Waals surface area contributed by atoms with Crippen LogP contribution in [0.15, 0.2) is 0 Å². The summed E-state index contributed by atoms with van der Waals surface area (Å²) >= 11 is 0. The highest BCUT2D eigenvalue weighted by atomic mass is 35.5. The highest BCUT2D eigenvalue weighted by molar-refractivity contribution is 5.85. The second-order valence-corrected chi connectivity index (χ2v) is 4.70. The molecular formula is C12H25ClN2O. The number of hydrogen-bond donors (Lipinski definition) is 2. The van der Waals surface area contributed by atoms with Gasteiger partial charge in [-0.25, -0.2) is 0 Å². The standard InChI is InChI=1S/C12H24N2O.ClH/c1-3-9(2)12(15)14-11-7-5-4-6-10(11)8-13;/h9-11H,3-8,13H2,1-2H3,(H,14,15);1H. The summed E-state index contributed by atoms with van der Waals surface area (Å²) in [5, 5.41) is 3.15. The van der Waals surface area contributed by atoms with E-state index in [9.17, 15) is 4.79 Å². The fourth-order valence-electron chi connectivity index (χ4n) is 2.19. The van der Waals surface area contributed by atoms with Gasteiger partial charge < -0.3 is 11.1 Å². The van der Waals surface area contributed by atoms with E-state index in [1.54, 1.807) is 0 Å². The van der Waals surface area contributed by atoms with Crippen LogP contribution < -0.4 is 11.1 Å². The average molecular weight is 249 g/mol. The molecule has 1 aliphatic rings. The lowest BCUT2D eigenvalue weighted by molar-refractivity contribution is -0.125. The van der Waals surface area contributed by atoms with Gasteiger partial charge in [0.2, 0.25) is 5.91 Å². The Labute approximate surface area is 105 Å². The third-order valence-electron chi connectivity index (χ3n) is 3.60. The monoisotopic (exact) mass is 248 g/mol. The van der Waals surface area contributed by atoms with Crippen LogP contribution in [0.25, 0.3) is 0 Å². The Morgan fingerprint density at radius 3 is 2.62 bits per heavy atom. The van der Waals surface area contributed by atoms with Crippen LogP contribution in [-0.4, -0.2) is 18.5 Å². The van der Waals surface area contributed by atoms with E-state index in [0.29, 0.717) is 18.5 Å². The van der Waals surface area contributed by atoms with Gasteiger partial charge in [0.25, 0.3) is 0 Å². The van der Waals surface area contributed by atoms with E-state index in [4.69, 9.17) is 5.73 Å². The number of nitrogens with one attached hydrogen (secondary N) is 1. The molecule has 3 nitrogen and oxygen atoms in total. The van der Waals surface area contributed by atoms with Crippen LogP contribution in [0.4, 0.5) is 0 Å². The van der Waals surface area contributed by atoms with Crippen LogP contribution >= 0.6 is 12.4 Å². The van der Waals surface area contributed by atoms with E-state index in [-0.39, 0.29) is 24.2 Å². The Morgan fingerprint density at radius 1 is 1.44 bits per heavy atom. The Hall–Kier alpha value is -0.280. The number of rotatable bonds is 4. The molecule has 0 spiro atoms. The van der Waals surface area contributed by atoms with E-state index in [1.165, 1.54) is 19.3 Å². The van der Waals surface area contributed by atoms with Crippen molar-refractivity contribution in [2.24, 2.45) is 17.6 Å². The summed E-state index contributed by atoms with van der Waals surface area (Å²) in [4.78, 5) is 11.8. The first-order valence-corrected chi connectivity index (χ1v) is 6.19. The van der Waals surface area contributed by atoms with Gasteiger partial charge in [0.1, 0.15) is 0 Å². The topological polar surface area (TPSA) is 55.1 Å². The molecule has 1 aliphatic carbocycles. The minimum atomic E-state index is 0. The van der Waals surface area contributed by atoms with Gasteiger partial charge in [0.15, 0.2) is 0 Å². The zero-order valence-electron chi connectivity index (χ0n) is 10.4. The Bertz CT molecular complexity index is 211. The predicted molar refractivity (Wildman–Crippen MR) is 69.6 cm³/mol. The van der Waals surface area contributed by atoms with Gasteiger partial charge in [-0.1, -0.05) is 26.7 Å². The molecular weight excluding hydrogens is 224 g/mol. The Morgan fingerprint density at radius 2 is 2.06 bits per heavy atom. The number of carbonyl (C=O) groups is 1. The lowest BCUT2D eigenvalue weighted by Gasteiger charge is -2.32. The average Bonchev–Trinajstić information content (AvgIpc) is 2.28. The van der Waals surface area contributed by atoms with Gasteiger partial charge in [0, 0.05) is 12.0 Å². The normalized spacial score (nSPS) is 26.7. The summed E-state index contributed by atoms with van der Waals surface area (Å²) in [6.45, 7) is 4.73. The number of hydrogen-bond acceptors (Lipinski definition) is 2. The van der Waals surface area contributed by atoms with Crippen molar-refractivity contribution in [2.75, 3.05) is 6.54 Å². The fourth-order valence-corrected chi connectivity index (χ4v) is 2.19. The smallest absolute Gasteiger partial charge is 0.223 e.